The van der Waals surface area contributed by atoms with E-state index in [4.69, 9.17) is 9.84 Å². The molecule has 0 aliphatic carbocycles. The van der Waals surface area contributed by atoms with Crippen LogP contribution in [0, 0.1) is 12.8 Å². The first-order valence-corrected chi connectivity index (χ1v) is 12.1. The monoisotopic (exact) mass is 475 g/mol. The highest BCUT2D eigenvalue weighted by atomic mass is 16.5. The number of ether oxygens (including phenoxy) is 1. The van der Waals surface area contributed by atoms with Gasteiger partial charge in [0.25, 0.3) is 0 Å². The quantitative estimate of drug-likeness (QED) is 0.513. The molecule has 0 radical (unpaired) electrons. The average Bonchev–Trinajstić information content (AvgIpc) is 3.23. The molecule has 4 rings (SSSR count). The molecule has 8 heteroatoms. The fourth-order valence-corrected chi connectivity index (χ4v) is 4.36. The number of amides is 2. The van der Waals surface area contributed by atoms with Crippen LogP contribution in [-0.4, -0.2) is 41.8 Å². The molecule has 8 nitrogen and oxygen atoms in total. The molecule has 2 heterocycles. The zero-order chi connectivity index (χ0) is 24.8. The van der Waals surface area contributed by atoms with Crippen molar-refractivity contribution >= 4 is 23.3 Å². The molecule has 0 bridgehead atoms. The minimum atomic E-state index is -0.0487. The maximum atomic E-state index is 12.9. The summed E-state index contributed by atoms with van der Waals surface area (Å²) < 4.78 is 7.08. The number of carbonyl (C=O) groups is 2. The zero-order valence-corrected chi connectivity index (χ0v) is 20.6. The lowest BCUT2D eigenvalue weighted by atomic mass is 9.95. The number of aromatic nitrogens is 2. The van der Waals surface area contributed by atoms with E-state index in [9.17, 15) is 9.59 Å². The Kier molecular flexibility index (Phi) is 7.70. The molecule has 3 aromatic rings. The van der Waals surface area contributed by atoms with E-state index in [0.29, 0.717) is 26.1 Å². The molecule has 0 spiro atoms. The molecule has 1 aliphatic rings. The van der Waals surface area contributed by atoms with Crippen molar-refractivity contribution in [2.75, 3.05) is 30.4 Å². The summed E-state index contributed by atoms with van der Waals surface area (Å²) in [6.07, 6.45) is 1.86. The van der Waals surface area contributed by atoms with Crippen molar-refractivity contribution in [1.82, 2.24) is 15.1 Å². The summed E-state index contributed by atoms with van der Waals surface area (Å²) in [5.74, 6) is 1.65. The second-order valence-electron chi connectivity index (χ2n) is 8.76. The van der Waals surface area contributed by atoms with Crippen LogP contribution in [0.4, 0.5) is 11.5 Å². The molecule has 0 saturated carbocycles. The average molecular weight is 476 g/mol. The second kappa shape index (κ2) is 11.1. The van der Waals surface area contributed by atoms with Crippen LogP contribution in [0.2, 0.25) is 0 Å². The summed E-state index contributed by atoms with van der Waals surface area (Å²) in [6.45, 7) is 5.65. The second-order valence-corrected chi connectivity index (χ2v) is 8.76. The van der Waals surface area contributed by atoms with Crippen molar-refractivity contribution in [3.8, 4) is 11.4 Å². The summed E-state index contributed by atoms with van der Waals surface area (Å²) in [5, 5.41) is 10.9. The number of rotatable bonds is 8. The van der Waals surface area contributed by atoms with Gasteiger partial charge in [0.05, 0.1) is 18.5 Å². The van der Waals surface area contributed by atoms with Crippen molar-refractivity contribution in [1.29, 1.82) is 0 Å². The number of carbonyl (C=O) groups excluding carboxylic acids is 2. The first-order valence-electron chi connectivity index (χ1n) is 12.1. The van der Waals surface area contributed by atoms with E-state index in [1.165, 1.54) is 0 Å². The molecule has 2 amide bonds. The number of benzene rings is 2. The summed E-state index contributed by atoms with van der Waals surface area (Å²) >= 11 is 0. The van der Waals surface area contributed by atoms with Gasteiger partial charge in [0.2, 0.25) is 11.8 Å². The lowest BCUT2D eigenvalue weighted by Gasteiger charge is -2.33. The standard InChI is InChI=1S/C27H33N5O3/c1-4-24(33)29-25-19(2)30-32(22-8-6-5-7-9-22)27(25)31-16-14-21(15-17-31)26(34)28-18-20-10-12-23(35-3)13-11-20/h5-13,21H,4,14-18H2,1-3H3,(H,28,34)(H,29,33). The maximum Gasteiger partial charge on any atom is 0.224 e. The highest BCUT2D eigenvalue weighted by molar-refractivity contribution is 5.94. The summed E-state index contributed by atoms with van der Waals surface area (Å²) in [6, 6.07) is 17.6. The maximum absolute atomic E-state index is 12.9. The van der Waals surface area contributed by atoms with Gasteiger partial charge >= 0.3 is 0 Å². The Morgan fingerprint density at radius 3 is 2.37 bits per heavy atom. The Labute approximate surface area is 206 Å². The molecule has 1 fully saturated rings. The minimum Gasteiger partial charge on any atom is -0.497 e. The van der Waals surface area contributed by atoms with E-state index in [2.05, 4.69) is 15.5 Å². The first kappa shape index (κ1) is 24.3. The molecular weight excluding hydrogens is 442 g/mol. The number of piperidine rings is 1. The van der Waals surface area contributed by atoms with Gasteiger partial charge in [-0.15, -0.1) is 0 Å². The molecule has 184 valence electrons. The number of nitrogens with one attached hydrogen (secondary N) is 2. The van der Waals surface area contributed by atoms with Crippen molar-refractivity contribution in [2.45, 2.75) is 39.7 Å². The Bertz CT molecular complexity index is 1150. The highest BCUT2D eigenvalue weighted by Gasteiger charge is 2.30. The fraction of sp³-hybridized carbons (Fsp3) is 0.370. The third-order valence-corrected chi connectivity index (χ3v) is 6.41. The van der Waals surface area contributed by atoms with Gasteiger partial charge in [0.15, 0.2) is 5.82 Å². The third kappa shape index (κ3) is 5.65. The van der Waals surface area contributed by atoms with E-state index in [1.54, 1.807) is 7.11 Å². The number of anilines is 2. The van der Waals surface area contributed by atoms with Crippen LogP contribution in [0.5, 0.6) is 5.75 Å². The van der Waals surface area contributed by atoms with Gasteiger partial charge in [0.1, 0.15) is 11.4 Å². The number of methoxy groups -OCH3 is 1. The number of hydrogen-bond donors (Lipinski definition) is 2. The van der Waals surface area contributed by atoms with E-state index in [0.717, 1.165) is 47.0 Å². The van der Waals surface area contributed by atoms with Crippen LogP contribution in [0.1, 0.15) is 37.4 Å². The Balaban J connectivity index is 1.45. The van der Waals surface area contributed by atoms with Crippen LogP contribution in [0.25, 0.3) is 5.69 Å². The first-order chi connectivity index (χ1) is 17.0. The molecule has 35 heavy (non-hydrogen) atoms. The SMILES string of the molecule is CCC(=O)Nc1c(C)nn(-c2ccccc2)c1N1CCC(C(=O)NCc2ccc(OC)cc2)CC1. The summed E-state index contributed by atoms with van der Waals surface area (Å²) in [7, 11) is 1.64. The van der Waals surface area contributed by atoms with E-state index >= 15 is 0 Å². The molecule has 2 aromatic carbocycles. The van der Waals surface area contributed by atoms with Crippen LogP contribution in [-0.2, 0) is 16.1 Å². The number of hydrogen-bond acceptors (Lipinski definition) is 5. The lowest BCUT2D eigenvalue weighted by Crippen LogP contribution is -2.41. The predicted molar refractivity (Wildman–Crippen MR) is 137 cm³/mol. The molecule has 2 N–H and O–H groups in total. The van der Waals surface area contributed by atoms with Crippen molar-refractivity contribution in [3.05, 3.63) is 65.9 Å². The molecule has 1 aromatic heterocycles. The van der Waals surface area contributed by atoms with Gasteiger partial charge in [-0.2, -0.15) is 5.10 Å². The van der Waals surface area contributed by atoms with Crippen molar-refractivity contribution < 1.29 is 14.3 Å². The fourth-order valence-electron chi connectivity index (χ4n) is 4.36. The van der Waals surface area contributed by atoms with Crippen LogP contribution in [0.3, 0.4) is 0 Å². The van der Waals surface area contributed by atoms with Gasteiger partial charge in [-0.3, -0.25) is 9.59 Å². The van der Waals surface area contributed by atoms with Crippen LogP contribution < -0.4 is 20.3 Å². The topological polar surface area (TPSA) is 88.5 Å². The third-order valence-electron chi connectivity index (χ3n) is 6.41. The van der Waals surface area contributed by atoms with Crippen LogP contribution in [0.15, 0.2) is 54.6 Å². The molecule has 1 saturated heterocycles. The molecule has 0 unspecified atom stereocenters. The Morgan fingerprint density at radius 2 is 1.74 bits per heavy atom. The van der Waals surface area contributed by atoms with Gasteiger partial charge in [0, 0.05) is 32.0 Å². The van der Waals surface area contributed by atoms with Gasteiger partial charge in [-0.25, -0.2) is 4.68 Å². The smallest absolute Gasteiger partial charge is 0.224 e. The summed E-state index contributed by atoms with van der Waals surface area (Å²) in [4.78, 5) is 27.3. The van der Waals surface area contributed by atoms with E-state index in [-0.39, 0.29) is 17.7 Å². The number of para-hydroxylation sites is 1. The van der Waals surface area contributed by atoms with E-state index in [1.807, 2.05) is 73.1 Å². The molecular formula is C27H33N5O3. The Morgan fingerprint density at radius 1 is 1.06 bits per heavy atom. The van der Waals surface area contributed by atoms with Gasteiger partial charge < -0.3 is 20.3 Å². The van der Waals surface area contributed by atoms with E-state index < -0.39 is 0 Å². The largest absolute Gasteiger partial charge is 0.497 e. The van der Waals surface area contributed by atoms with Crippen molar-refractivity contribution in [2.24, 2.45) is 5.92 Å². The van der Waals surface area contributed by atoms with Gasteiger partial charge in [-0.05, 0) is 49.6 Å². The Hall–Kier alpha value is -3.81. The van der Waals surface area contributed by atoms with Crippen LogP contribution >= 0.6 is 0 Å². The normalized spacial score (nSPS) is 14.0. The zero-order valence-electron chi connectivity index (χ0n) is 20.6. The molecule has 1 aliphatic heterocycles. The number of nitrogens with zero attached hydrogens (tertiary/aromatic N) is 3. The summed E-state index contributed by atoms with van der Waals surface area (Å²) in [5.41, 5.74) is 3.48. The van der Waals surface area contributed by atoms with Gasteiger partial charge in [-0.1, -0.05) is 37.3 Å². The predicted octanol–water partition coefficient (Wildman–Crippen LogP) is 4.07. The van der Waals surface area contributed by atoms with Crippen molar-refractivity contribution in [3.63, 3.8) is 0 Å². The highest BCUT2D eigenvalue weighted by Crippen LogP contribution is 2.35. The minimum absolute atomic E-state index is 0.0465. The lowest BCUT2D eigenvalue weighted by molar-refractivity contribution is -0.125. The number of aryl methyl sites for hydroxylation is 1. The molecule has 0 atom stereocenters.